The average molecular weight is 298 g/mol. The van der Waals surface area contributed by atoms with E-state index in [0.29, 0.717) is 6.79 Å². The summed E-state index contributed by atoms with van der Waals surface area (Å²) >= 11 is 3.52. The molecule has 0 bridgehead atoms. The van der Waals surface area contributed by atoms with Crippen molar-refractivity contribution in [3.63, 3.8) is 0 Å². The highest BCUT2D eigenvalue weighted by Crippen LogP contribution is 2.46. The Labute approximate surface area is 109 Å². The molecule has 0 amide bonds. The van der Waals surface area contributed by atoms with Crippen LogP contribution in [0.1, 0.15) is 37.7 Å². The van der Waals surface area contributed by atoms with Gasteiger partial charge >= 0.3 is 0 Å². The summed E-state index contributed by atoms with van der Waals surface area (Å²) < 4.78 is 12.0. The number of ether oxygens (including phenoxy) is 2. The van der Waals surface area contributed by atoms with Crippen LogP contribution in [0.25, 0.3) is 0 Å². The number of hydrogen-bond donors (Lipinski definition) is 1. The molecular weight excluding hydrogens is 282 g/mol. The van der Waals surface area contributed by atoms with Gasteiger partial charge < -0.3 is 15.2 Å². The fourth-order valence-electron chi connectivity index (χ4n) is 2.80. The summed E-state index contributed by atoms with van der Waals surface area (Å²) in [5.74, 6) is 1.65. The predicted octanol–water partition coefficient (Wildman–Crippen LogP) is 3.30. The Morgan fingerprint density at radius 1 is 1.12 bits per heavy atom. The van der Waals surface area contributed by atoms with Gasteiger partial charge in [-0.25, -0.2) is 0 Å². The van der Waals surface area contributed by atoms with Gasteiger partial charge in [-0.15, -0.1) is 0 Å². The highest BCUT2D eigenvalue weighted by atomic mass is 79.9. The van der Waals surface area contributed by atoms with Crippen LogP contribution in [0.2, 0.25) is 0 Å². The summed E-state index contributed by atoms with van der Waals surface area (Å²) in [5, 5.41) is 0. The second kappa shape index (κ2) is 4.18. The van der Waals surface area contributed by atoms with Gasteiger partial charge in [0.25, 0.3) is 0 Å². The van der Waals surface area contributed by atoms with Crippen molar-refractivity contribution in [1.29, 1.82) is 0 Å². The van der Waals surface area contributed by atoms with Crippen LogP contribution >= 0.6 is 15.9 Å². The molecule has 17 heavy (non-hydrogen) atoms. The van der Waals surface area contributed by atoms with Gasteiger partial charge in [0.1, 0.15) is 0 Å². The SMILES string of the molecule is NC1(c2cc(Br)cc3c2OCO3)CCCCC1. The molecule has 2 aliphatic rings. The third kappa shape index (κ3) is 1.93. The Bertz CT molecular complexity index is 441. The van der Waals surface area contributed by atoms with Crippen LogP contribution in [0, 0.1) is 0 Å². The maximum absolute atomic E-state index is 6.57. The third-order valence-corrected chi connectivity index (χ3v) is 4.18. The highest BCUT2D eigenvalue weighted by Gasteiger charge is 2.35. The molecular formula is C13H16BrNO2. The largest absolute Gasteiger partial charge is 0.454 e. The van der Waals surface area contributed by atoms with Gasteiger partial charge in [-0.2, -0.15) is 0 Å². The molecule has 0 saturated heterocycles. The van der Waals surface area contributed by atoms with Gasteiger partial charge in [0.05, 0.1) is 0 Å². The van der Waals surface area contributed by atoms with Gasteiger partial charge in [0.2, 0.25) is 6.79 Å². The zero-order valence-electron chi connectivity index (χ0n) is 9.67. The Morgan fingerprint density at radius 2 is 1.88 bits per heavy atom. The van der Waals surface area contributed by atoms with Gasteiger partial charge in [0.15, 0.2) is 11.5 Å². The highest BCUT2D eigenvalue weighted by molar-refractivity contribution is 9.10. The maximum atomic E-state index is 6.57. The molecule has 0 spiro atoms. The lowest BCUT2D eigenvalue weighted by atomic mass is 9.77. The van der Waals surface area contributed by atoms with E-state index in [1.54, 1.807) is 0 Å². The first-order valence-electron chi connectivity index (χ1n) is 6.08. The topological polar surface area (TPSA) is 44.5 Å². The monoisotopic (exact) mass is 297 g/mol. The lowest BCUT2D eigenvalue weighted by Crippen LogP contribution is -2.38. The minimum atomic E-state index is -0.250. The van der Waals surface area contributed by atoms with Gasteiger partial charge in [0, 0.05) is 15.6 Å². The standard InChI is InChI=1S/C13H16BrNO2/c14-9-6-10(12-11(7-9)16-8-17-12)13(15)4-2-1-3-5-13/h6-7H,1-5,8,15H2. The van der Waals surface area contributed by atoms with E-state index < -0.39 is 0 Å². The molecule has 92 valence electrons. The maximum Gasteiger partial charge on any atom is 0.231 e. The van der Waals surface area contributed by atoms with Crippen molar-refractivity contribution in [3.05, 3.63) is 22.2 Å². The van der Waals surface area contributed by atoms with Crippen LogP contribution in [0.4, 0.5) is 0 Å². The van der Waals surface area contributed by atoms with E-state index in [-0.39, 0.29) is 5.54 Å². The Balaban J connectivity index is 2.07. The number of benzene rings is 1. The second-order valence-electron chi connectivity index (χ2n) is 4.90. The summed E-state index contributed by atoms with van der Waals surface area (Å²) in [6.07, 6.45) is 5.72. The van der Waals surface area contributed by atoms with Crippen LogP contribution in [0.3, 0.4) is 0 Å². The van der Waals surface area contributed by atoms with E-state index in [9.17, 15) is 0 Å². The fourth-order valence-corrected chi connectivity index (χ4v) is 3.24. The summed E-state index contributed by atoms with van der Waals surface area (Å²) in [7, 11) is 0. The normalized spacial score (nSPS) is 21.5. The first-order valence-corrected chi connectivity index (χ1v) is 6.87. The molecule has 4 heteroatoms. The molecule has 1 fully saturated rings. The zero-order chi connectivity index (χ0) is 11.9. The van der Waals surface area contributed by atoms with Gasteiger partial charge in [-0.3, -0.25) is 0 Å². The molecule has 1 aliphatic carbocycles. The number of hydrogen-bond acceptors (Lipinski definition) is 3. The molecule has 1 aliphatic heterocycles. The molecule has 3 rings (SSSR count). The molecule has 0 unspecified atom stereocenters. The first kappa shape index (κ1) is 11.4. The average Bonchev–Trinajstić information content (AvgIpc) is 2.76. The number of fused-ring (bicyclic) bond motifs is 1. The molecule has 1 aromatic carbocycles. The molecule has 0 radical (unpaired) electrons. The number of nitrogens with two attached hydrogens (primary N) is 1. The van der Waals surface area contributed by atoms with Crippen LogP contribution in [-0.2, 0) is 5.54 Å². The number of halogens is 1. The molecule has 1 saturated carbocycles. The molecule has 0 aromatic heterocycles. The van der Waals surface area contributed by atoms with Crippen molar-refractivity contribution in [2.45, 2.75) is 37.6 Å². The van der Waals surface area contributed by atoms with Crippen molar-refractivity contribution in [2.75, 3.05) is 6.79 Å². The van der Waals surface area contributed by atoms with Crippen molar-refractivity contribution in [3.8, 4) is 11.5 Å². The molecule has 0 atom stereocenters. The van der Waals surface area contributed by atoms with E-state index >= 15 is 0 Å². The lowest BCUT2D eigenvalue weighted by molar-refractivity contribution is 0.170. The predicted molar refractivity (Wildman–Crippen MR) is 69.2 cm³/mol. The van der Waals surface area contributed by atoms with Crippen molar-refractivity contribution in [2.24, 2.45) is 5.73 Å². The van der Waals surface area contributed by atoms with E-state index in [0.717, 1.165) is 34.4 Å². The van der Waals surface area contributed by atoms with Crippen molar-refractivity contribution < 1.29 is 9.47 Å². The Hall–Kier alpha value is -0.740. The van der Waals surface area contributed by atoms with Gasteiger partial charge in [-0.1, -0.05) is 35.2 Å². The second-order valence-corrected chi connectivity index (χ2v) is 5.82. The first-order chi connectivity index (χ1) is 8.19. The quantitative estimate of drug-likeness (QED) is 0.865. The lowest BCUT2D eigenvalue weighted by Gasteiger charge is -2.34. The van der Waals surface area contributed by atoms with Crippen LogP contribution in [0.15, 0.2) is 16.6 Å². The smallest absolute Gasteiger partial charge is 0.231 e. The molecule has 2 N–H and O–H groups in total. The minimum Gasteiger partial charge on any atom is -0.454 e. The van der Waals surface area contributed by atoms with Gasteiger partial charge in [-0.05, 0) is 25.0 Å². The van der Waals surface area contributed by atoms with E-state index in [2.05, 4.69) is 22.0 Å². The summed E-state index contributed by atoms with van der Waals surface area (Å²) in [6.45, 7) is 0.300. The fraction of sp³-hybridized carbons (Fsp3) is 0.538. The minimum absolute atomic E-state index is 0.250. The molecule has 1 aromatic rings. The summed E-state index contributed by atoms with van der Waals surface area (Å²) in [4.78, 5) is 0. The Morgan fingerprint density at radius 3 is 2.65 bits per heavy atom. The van der Waals surface area contributed by atoms with Crippen molar-refractivity contribution in [1.82, 2.24) is 0 Å². The summed E-state index contributed by atoms with van der Waals surface area (Å²) in [6, 6.07) is 4.02. The Kier molecular flexibility index (Phi) is 2.79. The van der Waals surface area contributed by atoms with E-state index in [1.807, 2.05) is 6.07 Å². The van der Waals surface area contributed by atoms with E-state index in [4.69, 9.17) is 15.2 Å². The zero-order valence-corrected chi connectivity index (χ0v) is 11.3. The molecule has 3 nitrogen and oxygen atoms in total. The van der Waals surface area contributed by atoms with Crippen LogP contribution < -0.4 is 15.2 Å². The van der Waals surface area contributed by atoms with Crippen LogP contribution in [0.5, 0.6) is 11.5 Å². The van der Waals surface area contributed by atoms with Crippen LogP contribution in [-0.4, -0.2) is 6.79 Å². The summed E-state index contributed by atoms with van der Waals surface area (Å²) in [5.41, 5.74) is 7.41. The molecule has 1 heterocycles. The third-order valence-electron chi connectivity index (χ3n) is 3.72. The number of rotatable bonds is 1. The van der Waals surface area contributed by atoms with E-state index in [1.165, 1.54) is 19.3 Å². The van der Waals surface area contributed by atoms with Crippen molar-refractivity contribution >= 4 is 15.9 Å².